The molecule has 0 aliphatic heterocycles. The predicted molar refractivity (Wildman–Crippen MR) is 77.9 cm³/mol. The van der Waals surface area contributed by atoms with Crippen molar-refractivity contribution >= 4 is 16.8 Å². The minimum absolute atomic E-state index is 0.0379. The van der Waals surface area contributed by atoms with Crippen molar-refractivity contribution in [3.05, 3.63) is 36.0 Å². The van der Waals surface area contributed by atoms with E-state index in [0.717, 1.165) is 5.52 Å². The Balaban J connectivity index is 1.92. The second-order valence-electron chi connectivity index (χ2n) is 5.17. The second kappa shape index (κ2) is 5.89. The van der Waals surface area contributed by atoms with E-state index in [-0.39, 0.29) is 18.0 Å². The molecule has 1 amide bonds. The Labute approximate surface area is 113 Å². The number of hydrogen-bond acceptors (Lipinski definition) is 2. The normalized spacial score (nSPS) is 12.8. The molecule has 3 N–H and O–H groups in total. The molecule has 4 nitrogen and oxygen atoms in total. The van der Waals surface area contributed by atoms with Crippen LogP contribution in [-0.2, 0) is 11.3 Å². The smallest absolute Gasteiger partial charge is 0.237 e. The summed E-state index contributed by atoms with van der Waals surface area (Å²) in [4.78, 5) is 15.0. The van der Waals surface area contributed by atoms with Crippen molar-refractivity contribution in [2.75, 3.05) is 0 Å². The van der Waals surface area contributed by atoms with E-state index in [0.29, 0.717) is 6.54 Å². The van der Waals surface area contributed by atoms with Gasteiger partial charge in [-0.2, -0.15) is 0 Å². The molecule has 19 heavy (non-hydrogen) atoms. The minimum atomic E-state index is -0.193. The molecular weight excluding hydrogens is 238 g/mol. The molecule has 1 atom stereocenters. The van der Waals surface area contributed by atoms with Crippen LogP contribution in [0.4, 0.5) is 0 Å². The zero-order chi connectivity index (χ0) is 13.8. The van der Waals surface area contributed by atoms with Crippen LogP contribution in [-0.4, -0.2) is 23.0 Å². The first-order valence-electron chi connectivity index (χ1n) is 6.66. The average molecular weight is 259 g/mol. The number of benzene rings is 1. The molecule has 0 aliphatic carbocycles. The topological polar surface area (TPSA) is 56.9 Å². The summed E-state index contributed by atoms with van der Waals surface area (Å²) in [6.07, 6.45) is 1.93. The Morgan fingerprint density at radius 1 is 1.26 bits per heavy atom. The van der Waals surface area contributed by atoms with Gasteiger partial charge in [-0.1, -0.05) is 12.1 Å². The number of rotatable bonds is 5. The van der Waals surface area contributed by atoms with Gasteiger partial charge in [0.2, 0.25) is 5.91 Å². The number of amides is 1. The van der Waals surface area contributed by atoms with Crippen LogP contribution < -0.4 is 10.6 Å². The largest absolute Gasteiger partial charge is 0.361 e. The van der Waals surface area contributed by atoms with Crippen molar-refractivity contribution in [2.45, 2.75) is 39.4 Å². The van der Waals surface area contributed by atoms with Crippen molar-refractivity contribution in [1.82, 2.24) is 15.6 Å². The van der Waals surface area contributed by atoms with Crippen LogP contribution in [0.3, 0.4) is 0 Å². The van der Waals surface area contributed by atoms with E-state index in [1.165, 1.54) is 10.9 Å². The average Bonchev–Trinajstić information content (AvgIpc) is 2.82. The highest BCUT2D eigenvalue weighted by molar-refractivity contribution is 5.81. The molecule has 1 aromatic carbocycles. The highest BCUT2D eigenvalue weighted by atomic mass is 16.2. The molecule has 1 heterocycles. The number of aromatic amines is 1. The fourth-order valence-electron chi connectivity index (χ4n) is 1.98. The van der Waals surface area contributed by atoms with Crippen LogP contribution >= 0.6 is 0 Å². The Hall–Kier alpha value is -1.81. The first-order valence-corrected chi connectivity index (χ1v) is 6.66. The van der Waals surface area contributed by atoms with Gasteiger partial charge in [0.05, 0.1) is 6.04 Å². The zero-order valence-corrected chi connectivity index (χ0v) is 11.7. The lowest BCUT2D eigenvalue weighted by Gasteiger charge is -2.16. The van der Waals surface area contributed by atoms with Gasteiger partial charge in [-0.3, -0.25) is 4.79 Å². The number of aromatic nitrogens is 1. The Bertz CT molecular complexity index is 559. The number of carbonyl (C=O) groups excluding carboxylic acids is 1. The molecule has 0 saturated carbocycles. The van der Waals surface area contributed by atoms with Gasteiger partial charge in [-0.15, -0.1) is 0 Å². The van der Waals surface area contributed by atoms with Crippen LogP contribution in [0.2, 0.25) is 0 Å². The molecule has 2 rings (SSSR count). The maximum atomic E-state index is 11.8. The van der Waals surface area contributed by atoms with Crippen molar-refractivity contribution in [3.8, 4) is 0 Å². The van der Waals surface area contributed by atoms with Gasteiger partial charge in [0.15, 0.2) is 0 Å². The molecule has 0 fully saturated rings. The molecule has 102 valence electrons. The first kappa shape index (κ1) is 13.6. The Morgan fingerprint density at radius 2 is 2.05 bits per heavy atom. The van der Waals surface area contributed by atoms with Gasteiger partial charge in [-0.25, -0.2) is 0 Å². The maximum Gasteiger partial charge on any atom is 0.237 e. The quantitative estimate of drug-likeness (QED) is 0.770. The van der Waals surface area contributed by atoms with Crippen LogP contribution in [0.1, 0.15) is 26.3 Å². The van der Waals surface area contributed by atoms with E-state index < -0.39 is 0 Å². The summed E-state index contributed by atoms with van der Waals surface area (Å²) in [6, 6.07) is 8.30. The van der Waals surface area contributed by atoms with Gasteiger partial charge in [-0.05, 0) is 43.9 Å². The third kappa shape index (κ3) is 3.58. The molecule has 0 aliphatic rings. The van der Waals surface area contributed by atoms with Crippen LogP contribution in [0, 0.1) is 0 Å². The summed E-state index contributed by atoms with van der Waals surface area (Å²) in [5, 5.41) is 7.33. The highest BCUT2D eigenvalue weighted by Crippen LogP contribution is 2.14. The molecule has 0 saturated heterocycles. The lowest BCUT2D eigenvalue weighted by Crippen LogP contribution is -2.44. The third-order valence-corrected chi connectivity index (χ3v) is 3.06. The number of H-pyrrole nitrogens is 1. The molecule has 0 radical (unpaired) electrons. The van der Waals surface area contributed by atoms with Crippen molar-refractivity contribution in [1.29, 1.82) is 0 Å². The lowest BCUT2D eigenvalue weighted by atomic mass is 10.1. The van der Waals surface area contributed by atoms with Gasteiger partial charge < -0.3 is 15.6 Å². The number of carbonyl (C=O) groups is 1. The number of nitrogens with one attached hydrogen (secondary N) is 3. The van der Waals surface area contributed by atoms with Gasteiger partial charge in [0.1, 0.15) is 0 Å². The molecule has 1 unspecified atom stereocenters. The minimum Gasteiger partial charge on any atom is -0.361 e. The van der Waals surface area contributed by atoms with Gasteiger partial charge >= 0.3 is 0 Å². The third-order valence-electron chi connectivity index (χ3n) is 3.06. The molecule has 0 bridgehead atoms. The van der Waals surface area contributed by atoms with Crippen LogP contribution in [0.15, 0.2) is 30.5 Å². The number of fused-ring (bicyclic) bond motifs is 1. The van der Waals surface area contributed by atoms with E-state index in [1.807, 2.05) is 33.0 Å². The summed E-state index contributed by atoms with van der Waals surface area (Å²) >= 11 is 0. The van der Waals surface area contributed by atoms with E-state index >= 15 is 0 Å². The standard InChI is InChI=1S/C15H21N3O/c1-10(2)18-15(19)11(3)17-9-12-4-5-13-6-7-16-14(13)8-12/h4-8,10-11,16-17H,9H2,1-3H3,(H,18,19). The molecule has 0 spiro atoms. The zero-order valence-electron chi connectivity index (χ0n) is 11.7. The van der Waals surface area contributed by atoms with Crippen molar-refractivity contribution in [2.24, 2.45) is 0 Å². The fourth-order valence-corrected chi connectivity index (χ4v) is 1.98. The maximum absolute atomic E-state index is 11.8. The lowest BCUT2D eigenvalue weighted by molar-refractivity contribution is -0.123. The SMILES string of the molecule is CC(C)NC(=O)C(C)NCc1ccc2cc[nH]c2c1. The Kier molecular flexibility index (Phi) is 4.22. The molecule has 2 aromatic rings. The van der Waals surface area contributed by atoms with Crippen molar-refractivity contribution < 1.29 is 4.79 Å². The van der Waals surface area contributed by atoms with Gasteiger partial charge in [0, 0.05) is 24.3 Å². The number of hydrogen-bond donors (Lipinski definition) is 3. The van der Waals surface area contributed by atoms with E-state index in [2.05, 4.69) is 33.8 Å². The Morgan fingerprint density at radius 3 is 2.79 bits per heavy atom. The summed E-state index contributed by atoms with van der Waals surface area (Å²) in [5.74, 6) is 0.0379. The predicted octanol–water partition coefficient (Wildman–Crippen LogP) is 2.17. The van der Waals surface area contributed by atoms with E-state index in [4.69, 9.17) is 0 Å². The summed E-state index contributed by atoms with van der Waals surface area (Å²) < 4.78 is 0. The second-order valence-corrected chi connectivity index (χ2v) is 5.17. The molecular formula is C15H21N3O. The molecule has 4 heteroatoms. The van der Waals surface area contributed by atoms with E-state index in [1.54, 1.807) is 0 Å². The van der Waals surface area contributed by atoms with E-state index in [9.17, 15) is 4.79 Å². The monoisotopic (exact) mass is 259 g/mol. The summed E-state index contributed by atoms with van der Waals surface area (Å²) in [7, 11) is 0. The first-order chi connectivity index (χ1) is 9.06. The van der Waals surface area contributed by atoms with Crippen LogP contribution in [0.5, 0.6) is 0 Å². The molecule has 1 aromatic heterocycles. The summed E-state index contributed by atoms with van der Waals surface area (Å²) in [6.45, 7) is 6.49. The summed E-state index contributed by atoms with van der Waals surface area (Å²) in [5.41, 5.74) is 2.29. The van der Waals surface area contributed by atoms with Crippen LogP contribution in [0.25, 0.3) is 10.9 Å². The van der Waals surface area contributed by atoms with Crippen molar-refractivity contribution in [3.63, 3.8) is 0 Å². The fraction of sp³-hybridized carbons (Fsp3) is 0.400. The van der Waals surface area contributed by atoms with Gasteiger partial charge in [0.25, 0.3) is 0 Å². The highest BCUT2D eigenvalue weighted by Gasteiger charge is 2.12.